The Kier molecular flexibility index (Phi) is 7.37. The van der Waals surface area contributed by atoms with Crippen LogP contribution in [0.3, 0.4) is 0 Å². The number of hydrogen-bond acceptors (Lipinski definition) is 4. The second-order valence-corrected chi connectivity index (χ2v) is 15.8. The van der Waals surface area contributed by atoms with E-state index in [1.807, 2.05) is 0 Å². The molecule has 12 rings (SSSR count). The minimum Gasteiger partial charge on any atom is -0.309 e. The predicted molar refractivity (Wildman–Crippen MR) is 244 cm³/mol. The number of aromatic nitrogens is 4. The first-order valence-corrected chi connectivity index (χ1v) is 20.3. The molecule has 0 aliphatic rings. The monoisotopic (exact) mass is 756 g/mol. The summed E-state index contributed by atoms with van der Waals surface area (Å²) in [4.78, 5) is 15.6. The zero-order chi connectivity index (χ0) is 38.2. The third-order valence-electron chi connectivity index (χ3n) is 11.5. The summed E-state index contributed by atoms with van der Waals surface area (Å²) in [5.74, 6) is 1.93. The Morgan fingerprint density at radius 2 is 0.862 bits per heavy atom. The van der Waals surface area contributed by atoms with Crippen molar-refractivity contribution in [3.63, 3.8) is 0 Å². The summed E-state index contributed by atoms with van der Waals surface area (Å²) in [5.41, 5.74) is 8.66. The second-order valence-electron chi connectivity index (χ2n) is 14.8. The number of rotatable bonds is 5. The van der Waals surface area contributed by atoms with Crippen LogP contribution in [0.15, 0.2) is 194 Å². The Hall–Kier alpha value is -7.47. The molecule has 9 aromatic carbocycles. The lowest BCUT2D eigenvalue weighted by Crippen LogP contribution is -2.01. The van der Waals surface area contributed by atoms with E-state index >= 15 is 0 Å². The first kappa shape index (κ1) is 32.7. The minimum atomic E-state index is 0.636. The van der Waals surface area contributed by atoms with E-state index in [0.29, 0.717) is 17.5 Å². The first-order chi connectivity index (χ1) is 28.7. The smallest absolute Gasteiger partial charge is 0.165 e. The van der Waals surface area contributed by atoms with Crippen LogP contribution in [-0.2, 0) is 0 Å². The number of benzene rings is 9. The molecule has 3 heterocycles. The van der Waals surface area contributed by atoms with E-state index in [1.54, 1.807) is 11.3 Å². The van der Waals surface area contributed by atoms with Crippen LogP contribution in [0.4, 0.5) is 0 Å². The van der Waals surface area contributed by atoms with Crippen molar-refractivity contribution >= 4 is 74.9 Å². The third-order valence-corrected chi connectivity index (χ3v) is 12.7. The molecule has 0 radical (unpaired) electrons. The normalized spacial score (nSPS) is 11.8. The summed E-state index contributed by atoms with van der Waals surface area (Å²) in [6, 6.07) is 69.2. The van der Waals surface area contributed by atoms with Crippen molar-refractivity contribution in [2.45, 2.75) is 0 Å². The van der Waals surface area contributed by atoms with Crippen molar-refractivity contribution in [2.75, 3.05) is 0 Å². The molecule has 3 aromatic heterocycles. The van der Waals surface area contributed by atoms with E-state index < -0.39 is 0 Å². The van der Waals surface area contributed by atoms with Gasteiger partial charge in [-0.05, 0) is 87.3 Å². The standard InChI is InChI=1S/C53H32N4S/c1-2-13-38-36(12-1)32-46(40-15-4-3-14-39(38)40)33-24-26-34(27-25-33)51-54-52(56-53(55-51)45-20-11-19-44-43-18-7-10-23-49(43)58-50(44)45)35-28-30-37(31-29-35)57-47-21-8-5-16-41(47)42-17-6-9-22-48(42)57/h1-32H. The van der Waals surface area contributed by atoms with Crippen LogP contribution in [0.25, 0.3) is 115 Å². The van der Waals surface area contributed by atoms with Gasteiger partial charge in [-0.3, -0.25) is 0 Å². The Labute approximate surface area is 338 Å². The van der Waals surface area contributed by atoms with Crippen molar-refractivity contribution < 1.29 is 0 Å². The van der Waals surface area contributed by atoms with Crippen LogP contribution in [0.5, 0.6) is 0 Å². The summed E-state index contributed by atoms with van der Waals surface area (Å²) in [5, 5.41) is 9.92. The highest BCUT2D eigenvalue weighted by Crippen LogP contribution is 2.41. The fourth-order valence-electron chi connectivity index (χ4n) is 8.73. The van der Waals surface area contributed by atoms with Gasteiger partial charge in [0.05, 0.1) is 11.0 Å². The number of hydrogen-bond donors (Lipinski definition) is 0. The lowest BCUT2D eigenvalue weighted by molar-refractivity contribution is 1.08. The van der Waals surface area contributed by atoms with Gasteiger partial charge in [-0.25, -0.2) is 15.0 Å². The van der Waals surface area contributed by atoms with E-state index in [9.17, 15) is 0 Å². The molecule has 0 saturated heterocycles. The van der Waals surface area contributed by atoms with Crippen molar-refractivity contribution in [3.8, 4) is 51.0 Å². The summed E-state index contributed by atoms with van der Waals surface area (Å²) in [6.07, 6.45) is 0. The molecule has 0 bridgehead atoms. The van der Waals surface area contributed by atoms with Gasteiger partial charge in [0, 0.05) is 53.3 Å². The molecule has 0 saturated carbocycles. The molecule has 0 aliphatic heterocycles. The largest absolute Gasteiger partial charge is 0.309 e. The van der Waals surface area contributed by atoms with Crippen LogP contribution in [-0.4, -0.2) is 19.5 Å². The van der Waals surface area contributed by atoms with Crippen LogP contribution >= 0.6 is 11.3 Å². The van der Waals surface area contributed by atoms with Crippen molar-refractivity contribution in [2.24, 2.45) is 0 Å². The maximum Gasteiger partial charge on any atom is 0.165 e. The fraction of sp³-hybridized carbons (Fsp3) is 0. The molecule has 0 N–H and O–H groups in total. The van der Waals surface area contributed by atoms with Gasteiger partial charge in [-0.1, -0.05) is 140 Å². The average molecular weight is 757 g/mol. The van der Waals surface area contributed by atoms with Crippen LogP contribution in [0.1, 0.15) is 0 Å². The third kappa shape index (κ3) is 5.18. The van der Waals surface area contributed by atoms with Gasteiger partial charge in [-0.15, -0.1) is 11.3 Å². The molecule has 0 amide bonds. The zero-order valence-electron chi connectivity index (χ0n) is 31.2. The quantitative estimate of drug-likeness (QED) is 0.164. The lowest BCUT2D eigenvalue weighted by atomic mass is 9.93. The molecule has 4 nitrogen and oxygen atoms in total. The van der Waals surface area contributed by atoms with Gasteiger partial charge in [0.25, 0.3) is 0 Å². The molecule has 270 valence electrons. The van der Waals surface area contributed by atoms with Crippen LogP contribution in [0.2, 0.25) is 0 Å². The number of fused-ring (bicyclic) bond motifs is 9. The van der Waals surface area contributed by atoms with Crippen LogP contribution < -0.4 is 0 Å². The SMILES string of the molecule is c1ccc2c(c1)cc(-c1ccc(-c3nc(-c4ccc(-n5c6ccccc6c6ccccc65)cc4)nc(-c4cccc5c4sc4ccccc45)n3)cc1)c1ccccc12. The van der Waals surface area contributed by atoms with E-state index in [2.05, 4.69) is 199 Å². The molecule has 0 unspecified atom stereocenters. The van der Waals surface area contributed by atoms with Gasteiger partial charge >= 0.3 is 0 Å². The van der Waals surface area contributed by atoms with Gasteiger partial charge in [0.15, 0.2) is 17.5 Å². The summed E-state index contributed by atoms with van der Waals surface area (Å²) >= 11 is 1.79. The second kappa shape index (κ2) is 13.1. The molecule has 0 aliphatic carbocycles. The molecule has 0 fully saturated rings. The highest BCUT2D eigenvalue weighted by Gasteiger charge is 2.18. The Morgan fingerprint density at radius 3 is 1.57 bits per heavy atom. The van der Waals surface area contributed by atoms with Gasteiger partial charge < -0.3 is 4.57 Å². The zero-order valence-corrected chi connectivity index (χ0v) is 32.0. The van der Waals surface area contributed by atoms with Crippen molar-refractivity contribution in [1.82, 2.24) is 19.5 Å². The molecular weight excluding hydrogens is 725 g/mol. The average Bonchev–Trinajstić information content (AvgIpc) is 3.85. The lowest BCUT2D eigenvalue weighted by Gasteiger charge is -2.12. The number of nitrogens with zero attached hydrogens (tertiary/aromatic N) is 4. The molecule has 0 atom stereocenters. The maximum absolute atomic E-state index is 5.22. The topological polar surface area (TPSA) is 43.6 Å². The Morgan fingerprint density at radius 1 is 0.345 bits per heavy atom. The maximum atomic E-state index is 5.22. The van der Waals surface area contributed by atoms with Crippen molar-refractivity contribution in [3.05, 3.63) is 194 Å². The molecule has 58 heavy (non-hydrogen) atoms. The summed E-state index contributed by atoms with van der Waals surface area (Å²) < 4.78 is 4.75. The molecular formula is C53H32N4S. The van der Waals surface area contributed by atoms with Gasteiger partial charge in [-0.2, -0.15) is 0 Å². The van der Waals surface area contributed by atoms with E-state index in [1.165, 1.54) is 69.1 Å². The summed E-state index contributed by atoms with van der Waals surface area (Å²) in [7, 11) is 0. The Bertz CT molecular complexity index is 3510. The predicted octanol–water partition coefficient (Wildman–Crippen LogP) is 14.3. The van der Waals surface area contributed by atoms with Gasteiger partial charge in [0.1, 0.15) is 0 Å². The molecule has 12 aromatic rings. The minimum absolute atomic E-state index is 0.636. The Balaban J connectivity index is 1.01. The van der Waals surface area contributed by atoms with Gasteiger partial charge in [0.2, 0.25) is 0 Å². The highest BCUT2D eigenvalue weighted by atomic mass is 32.1. The van der Waals surface area contributed by atoms with E-state index in [-0.39, 0.29) is 0 Å². The molecule has 0 spiro atoms. The number of thiophene rings is 1. The van der Waals surface area contributed by atoms with E-state index in [0.717, 1.165) is 27.9 Å². The summed E-state index contributed by atoms with van der Waals surface area (Å²) in [6.45, 7) is 0. The van der Waals surface area contributed by atoms with E-state index in [4.69, 9.17) is 15.0 Å². The van der Waals surface area contributed by atoms with Crippen molar-refractivity contribution in [1.29, 1.82) is 0 Å². The highest BCUT2D eigenvalue weighted by molar-refractivity contribution is 7.26. The van der Waals surface area contributed by atoms with Crippen LogP contribution in [0, 0.1) is 0 Å². The molecule has 5 heteroatoms. The fourth-order valence-corrected chi connectivity index (χ4v) is 9.94. The number of para-hydroxylation sites is 2. The first-order valence-electron chi connectivity index (χ1n) is 19.5.